The standard InChI is InChI=1S/C19H23N3O4/c1-12-9-16(25-2)17(26-3)10-14(12)21-18(23)11-15(22-19(20)24)13-7-5-4-6-8-13/h4-10,15H,11H2,1-3H3,(H,21,23)(H3,20,22,24)/t15-/m1/s1. The number of amides is 3. The molecule has 0 aromatic heterocycles. The van der Waals surface area contributed by atoms with Crippen LogP contribution in [0.5, 0.6) is 11.5 Å². The maximum atomic E-state index is 12.5. The third-order valence-electron chi connectivity index (χ3n) is 3.91. The molecule has 1 atom stereocenters. The molecule has 7 heteroatoms. The molecule has 0 bridgehead atoms. The van der Waals surface area contributed by atoms with E-state index < -0.39 is 12.1 Å². The first-order chi connectivity index (χ1) is 12.4. The van der Waals surface area contributed by atoms with Crippen molar-refractivity contribution in [3.05, 3.63) is 53.6 Å². The molecule has 0 spiro atoms. The van der Waals surface area contributed by atoms with E-state index in [0.29, 0.717) is 17.2 Å². The van der Waals surface area contributed by atoms with Crippen LogP contribution in [0, 0.1) is 6.92 Å². The second-order valence-corrected chi connectivity index (χ2v) is 5.75. The maximum Gasteiger partial charge on any atom is 0.312 e. The van der Waals surface area contributed by atoms with E-state index in [2.05, 4.69) is 10.6 Å². The second-order valence-electron chi connectivity index (χ2n) is 5.75. The minimum atomic E-state index is -0.686. The highest BCUT2D eigenvalue weighted by Gasteiger charge is 2.18. The quantitative estimate of drug-likeness (QED) is 0.709. The minimum Gasteiger partial charge on any atom is -0.493 e. The first-order valence-electron chi connectivity index (χ1n) is 8.08. The van der Waals surface area contributed by atoms with Gasteiger partial charge in [-0.3, -0.25) is 4.79 Å². The highest BCUT2D eigenvalue weighted by atomic mass is 16.5. The van der Waals surface area contributed by atoms with E-state index in [0.717, 1.165) is 11.1 Å². The summed E-state index contributed by atoms with van der Waals surface area (Å²) in [4.78, 5) is 23.8. The Balaban J connectivity index is 2.16. The van der Waals surface area contributed by atoms with E-state index in [1.165, 1.54) is 7.11 Å². The highest BCUT2D eigenvalue weighted by molar-refractivity contribution is 5.92. The summed E-state index contributed by atoms with van der Waals surface area (Å²) in [6.45, 7) is 1.86. The number of methoxy groups -OCH3 is 2. The van der Waals surface area contributed by atoms with Gasteiger partial charge in [-0.2, -0.15) is 0 Å². The fraction of sp³-hybridized carbons (Fsp3) is 0.263. The molecule has 0 heterocycles. The molecule has 0 saturated carbocycles. The second kappa shape index (κ2) is 8.75. The molecule has 2 rings (SSSR count). The Bertz CT molecular complexity index is 778. The molecule has 138 valence electrons. The average molecular weight is 357 g/mol. The SMILES string of the molecule is COc1cc(C)c(NC(=O)C[C@@H](NC(N)=O)c2ccccc2)cc1OC. The molecular formula is C19H23N3O4. The molecule has 4 N–H and O–H groups in total. The Kier molecular flexibility index (Phi) is 6.43. The summed E-state index contributed by atoms with van der Waals surface area (Å²) in [7, 11) is 3.08. The predicted molar refractivity (Wildman–Crippen MR) is 99.4 cm³/mol. The molecule has 7 nitrogen and oxygen atoms in total. The lowest BCUT2D eigenvalue weighted by Gasteiger charge is -2.19. The summed E-state index contributed by atoms with van der Waals surface area (Å²) in [6, 6.07) is 11.5. The van der Waals surface area contributed by atoms with Crippen LogP contribution >= 0.6 is 0 Å². The number of nitrogens with one attached hydrogen (secondary N) is 2. The molecule has 2 aromatic carbocycles. The molecule has 0 unspecified atom stereocenters. The van der Waals surface area contributed by atoms with E-state index in [-0.39, 0.29) is 12.3 Å². The Morgan fingerprint density at radius 1 is 1.08 bits per heavy atom. The molecular weight excluding hydrogens is 334 g/mol. The van der Waals surface area contributed by atoms with E-state index in [1.807, 2.05) is 37.3 Å². The summed E-state index contributed by atoms with van der Waals surface area (Å²) in [5.41, 5.74) is 7.48. The van der Waals surface area contributed by atoms with Gasteiger partial charge in [0.05, 0.1) is 26.7 Å². The van der Waals surface area contributed by atoms with Gasteiger partial charge in [0, 0.05) is 11.8 Å². The zero-order valence-electron chi connectivity index (χ0n) is 15.0. The average Bonchev–Trinajstić information content (AvgIpc) is 2.62. The fourth-order valence-corrected chi connectivity index (χ4v) is 2.61. The van der Waals surface area contributed by atoms with Gasteiger partial charge in [-0.15, -0.1) is 0 Å². The first kappa shape index (κ1) is 19.1. The fourth-order valence-electron chi connectivity index (χ4n) is 2.61. The molecule has 0 radical (unpaired) electrons. The number of carbonyl (C=O) groups is 2. The van der Waals surface area contributed by atoms with Gasteiger partial charge >= 0.3 is 6.03 Å². The number of urea groups is 1. The van der Waals surface area contributed by atoms with Crippen LogP contribution in [0.2, 0.25) is 0 Å². The van der Waals surface area contributed by atoms with Crippen molar-refractivity contribution in [2.75, 3.05) is 19.5 Å². The third-order valence-corrected chi connectivity index (χ3v) is 3.91. The monoisotopic (exact) mass is 357 g/mol. The highest BCUT2D eigenvalue weighted by Crippen LogP contribution is 2.33. The molecule has 2 aromatic rings. The number of hydrogen-bond donors (Lipinski definition) is 3. The van der Waals surface area contributed by atoms with Crippen molar-refractivity contribution in [1.29, 1.82) is 0 Å². The van der Waals surface area contributed by atoms with Crippen molar-refractivity contribution >= 4 is 17.6 Å². The van der Waals surface area contributed by atoms with Gasteiger partial charge in [0.1, 0.15) is 0 Å². The Morgan fingerprint density at radius 2 is 1.69 bits per heavy atom. The summed E-state index contributed by atoms with van der Waals surface area (Å²) in [5.74, 6) is 0.840. The van der Waals surface area contributed by atoms with Crippen LogP contribution in [0.3, 0.4) is 0 Å². The number of hydrogen-bond acceptors (Lipinski definition) is 4. The van der Waals surface area contributed by atoms with Gasteiger partial charge in [0.15, 0.2) is 11.5 Å². The van der Waals surface area contributed by atoms with Crippen molar-refractivity contribution in [2.45, 2.75) is 19.4 Å². The number of anilines is 1. The molecule has 0 aliphatic carbocycles. The number of primary amides is 1. The van der Waals surface area contributed by atoms with E-state index in [9.17, 15) is 9.59 Å². The van der Waals surface area contributed by atoms with Crippen LogP contribution in [-0.4, -0.2) is 26.2 Å². The number of ether oxygens (including phenoxy) is 2. The molecule has 0 aliphatic heterocycles. The van der Waals surface area contributed by atoms with E-state index in [1.54, 1.807) is 19.2 Å². The zero-order chi connectivity index (χ0) is 19.1. The molecule has 0 fully saturated rings. The number of carbonyl (C=O) groups excluding carboxylic acids is 2. The lowest BCUT2D eigenvalue weighted by Crippen LogP contribution is -2.35. The largest absolute Gasteiger partial charge is 0.493 e. The lowest BCUT2D eigenvalue weighted by atomic mass is 10.0. The van der Waals surface area contributed by atoms with Crippen molar-refractivity contribution in [2.24, 2.45) is 5.73 Å². The van der Waals surface area contributed by atoms with Crippen LogP contribution in [-0.2, 0) is 4.79 Å². The molecule has 3 amide bonds. The topological polar surface area (TPSA) is 103 Å². The number of benzene rings is 2. The van der Waals surface area contributed by atoms with Gasteiger partial charge < -0.3 is 25.8 Å². The summed E-state index contributed by atoms with van der Waals surface area (Å²) < 4.78 is 10.5. The summed E-state index contributed by atoms with van der Waals surface area (Å²) in [6.07, 6.45) is 0.0424. The van der Waals surface area contributed by atoms with E-state index >= 15 is 0 Å². The normalized spacial score (nSPS) is 11.3. The van der Waals surface area contributed by atoms with Crippen molar-refractivity contribution in [3.63, 3.8) is 0 Å². The van der Waals surface area contributed by atoms with Gasteiger partial charge in [0.25, 0.3) is 0 Å². The van der Waals surface area contributed by atoms with Crippen molar-refractivity contribution in [1.82, 2.24) is 5.32 Å². The summed E-state index contributed by atoms with van der Waals surface area (Å²) in [5, 5.41) is 5.44. The van der Waals surface area contributed by atoms with Crippen LogP contribution in [0.4, 0.5) is 10.5 Å². The molecule has 0 aliphatic rings. The van der Waals surface area contributed by atoms with Crippen LogP contribution in [0.1, 0.15) is 23.6 Å². The smallest absolute Gasteiger partial charge is 0.312 e. The van der Waals surface area contributed by atoms with Crippen LogP contribution < -0.4 is 25.8 Å². The molecule has 0 saturated heterocycles. The van der Waals surface area contributed by atoms with Crippen molar-refractivity contribution < 1.29 is 19.1 Å². The van der Waals surface area contributed by atoms with Gasteiger partial charge in [0.2, 0.25) is 5.91 Å². The third kappa shape index (κ3) is 4.89. The van der Waals surface area contributed by atoms with Gasteiger partial charge in [-0.1, -0.05) is 30.3 Å². The van der Waals surface area contributed by atoms with Crippen LogP contribution in [0.15, 0.2) is 42.5 Å². The summed E-state index contributed by atoms with van der Waals surface area (Å²) >= 11 is 0. The Hall–Kier alpha value is -3.22. The van der Waals surface area contributed by atoms with Crippen LogP contribution in [0.25, 0.3) is 0 Å². The molecule has 26 heavy (non-hydrogen) atoms. The minimum absolute atomic E-state index is 0.0424. The Labute approximate surface area is 152 Å². The lowest BCUT2D eigenvalue weighted by molar-refractivity contribution is -0.116. The van der Waals surface area contributed by atoms with Gasteiger partial charge in [-0.05, 0) is 24.1 Å². The van der Waals surface area contributed by atoms with Gasteiger partial charge in [-0.25, -0.2) is 4.79 Å². The zero-order valence-corrected chi connectivity index (χ0v) is 15.0. The number of rotatable bonds is 7. The number of nitrogens with two attached hydrogens (primary N) is 1. The first-order valence-corrected chi connectivity index (χ1v) is 8.08. The van der Waals surface area contributed by atoms with Crippen molar-refractivity contribution in [3.8, 4) is 11.5 Å². The predicted octanol–water partition coefficient (Wildman–Crippen LogP) is 2.75. The maximum absolute atomic E-state index is 12.5. The number of aryl methyl sites for hydroxylation is 1. The Morgan fingerprint density at radius 3 is 2.27 bits per heavy atom. The van der Waals surface area contributed by atoms with E-state index in [4.69, 9.17) is 15.2 Å².